The SMILES string of the molecule is O=C(Nc1cccc(SC(C(=O)Nc2c(F)c(F)cc(F)c2F)c2ccccc2)c1)/C(=C\c1c(Cl)cccc1Cl)NC(=O)c1ccccc1. The second-order valence-electron chi connectivity index (χ2n) is 10.2. The van der Waals surface area contributed by atoms with E-state index < -0.39 is 51.9 Å². The number of carbonyl (C=O) groups excluding carboxylic acids is 3. The van der Waals surface area contributed by atoms with Crippen LogP contribution >= 0.6 is 35.0 Å². The molecule has 0 radical (unpaired) electrons. The number of thioether (sulfide) groups is 1. The van der Waals surface area contributed by atoms with Crippen molar-refractivity contribution in [2.75, 3.05) is 10.6 Å². The second-order valence-corrected chi connectivity index (χ2v) is 12.2. The lowest BCUT2D eigenvalue weighted by Gasteiger charge is -2.18. The van der Waals surface area contributed by atoms with Gasteiger partial charge in [0.15, 0.2) is 23.3 Å². The molecule has 0 aliphatic heterocycles. The number of carbonyl (C=O) groups is 3. The lowest BCUT2D eigenvalue weighted by molar-refractivity contribution is -0.116. The summed E-state index contributed by atoms with van der Waals surface area (Å²) < 4.78 is 56.5. The number of nitrogens with one attached hydrogen (secondary N) is 3. The normalized spacial score (nSPS) is 11.8. The number of hydrogen-bond donors (Lipinski definition) is 3. The summed E-state index contributed by atoms with van der Waals surface area (Å²) in [5.74, 6) is -9.14. The molecule has 1 unspecified atom stereocenters. The van der Waals surface area contributed by atoms with E-state index in [1.54, 1.807) is 97.1 Å². The Hall–Kier alpha value is -5.10. The highest BCUT2D eigenvalue weighted by Gasteiger charge is 2.27. The quantitative estimate of drug-likeness (QED) is 0.0580. The Morgan fingerprint density at radius 2 is 1.29 bits per heavy atom. The molecule has 13 heteroatoms. The third-order valence-electron chi connectivity index (χ3n) is 6.86. The van der Waals surface area contributed by atoms with Gasteiger partial charge in [-0.1, -0.05) is 83.9 Å². The molecule has 6 nitrogen and oxygen atoms in total. The molecule has 248 valence electrons. The van der Waals surface area contributed by atoms with Crippen LogP contribution in [0.25, 0.3) is 6.08 Å². The minimum absolute atomic E-state index is 0.0419. The maximum atomic E-state index is 14.4. The van der Waals surface area contributed by atoms with E-state index in [1.165, 1.54) is 12.1 Å². The zero-order valence-corrected chi connectivity index (χ0v) is 27.3. The number of hydrogen-bond acceptors (Lipinski definition) is 4. The first-order chi connectivity index (χ1) is 23.5. The van der Waals surface area contributed by atoms with Gasteiger partial charge in [-0.25, -0.2) is 17.6 Å². The molecule has 3 amide bonds. The topological polar surface area (TPSA) is 87.3 Å². The van der Waals surface area contributed by atoms with Crippen molar-refractivity contribution >= 4 is 70.1 Å². The maximum absolute atomic E-state index is 14.4. The molecule has 0 saturated carbocycles. The highest BCUT2D eigenvalue weighted by molar-refractivity contribution is 8.00. The monoisotopic (exact) mass is 723 g/mol. The van der Waals surface area contributed by atoms with Gasteiger partial charge in [0.05, 0.1) is 0 Å². The summed E-state index contributed by atoms with van der Waals surface area (Å²) in [6, 6.07) is 27.4. The lowest BCUT2D eigenvalue weighted by atomic mass is 10.1. The Balaban J connectivity index is 1.42. The van der Waals surface area contributed by atoms with Gasteiger partial charge < -0.3 is 16.0 Å². The average Bonchev–Trinajstić information content (AvgIpc) is 3.10. The van der Waals surface area contributed by atoms with Gasteiger partial charge in [0.1, 0.15) is 16.6 Å². The Bertz CT molecular complexity index is 2020. The van der Waals surface area contributed by atoms with E-state index in [-0.39, 0.29) is 38.6 Å². The number of benzene rings is 5. The molecule has 5 aromatic rings. The maximum Gasteiger partial charge on any atom is 0.272 e. The molecule has 0 spiro atoms. The van der Waals surface area contributed by atoms with Gasteiger partial charge in [0.2, 0.25) is 5.91 Å². The fourth-order valence-electron chi connectivity index (χ4n) is 4.49. The molecular formula is C36H23Cl2F4N3O3S. The zero-order chi connectivity index (χ0) is 35.1. The number of amides is 3. The van der Waals surface area contributed by atoms with Crippen molar-refractivity contribution in [3.05, 3.63) is 165 Å². The Morgan fingerprint density at radius 1 is 0.694 bits per heavy atom. The minimum atomic E-state index is -1.75. The van der Waals surface area contributed by atoms with Crippen LogP contribution in [0.15, 0.2) is 120 Å². The van der Waals surface area contributed by atoms with E-state index in [0.717, 1.165) is 11.8 Å². The Labute approximate surface area is 292 Å². The van der Waals surface area contributed by atoms with Crippen molar-refractivity contribution in [2.45, 2.75) is 10.1 Å². The van der Waals surface area contributed by atoms with Crippen LogP contribution in [0.4, 0.5) is 28.9 Å². The molecule has 5 aromatic carbocycles. The van der Waals surface area contributed by atoms with E-state index in [0.29, 0.717) is 10.5 Å². The Kier molecular flexibility index (Phi) is 11.4. The van der Waals surface area contributed by atoms with E-state index in [9.17, 15) is 31.9 Å². The second kappa shape index (κ2) is 15.9. The Morgan fingerprint density at radius 3 is 1.92 bits per heavy atom. The van der Waals surface area contributed by atoms with Gasteiger partial charge in [-0.3, -0.25) is 14.4 Å². The molecule has 1 atom stereocenters. The van der Waals surface area contributed by atoms with E-state index >= 15 is 0 Å². The van der Waals surface area contributed by atoms with Crippen molar-refractivity contribution < 1.29 is 31.9 Å². The number of rotatable bonds is 10. The average molecular weight is 725 g/mol. The summed E-state index contributed by atoms with van der Waals surface area (Å²) in [5.41, 5.74) is -0.221. The molecule has 0 aliphatic rings. The van der Waals surface area contributed by atoms with Gasteiger partial charge in [0, 0.05) is 37.8 Å². The van der Waals surface area contributed by atoms with E-state index in [1.807, 2.05) is 5.32 Å². The molecule has 49 heavy (non-hydrogen) atoms. The first-order valence-corrected chi connectivity index (χ1v) is 15.9. The van der Waals surface area contributed by atoms with Crippen LogP contribution in [-0.2, 0) is 9.59 Å². The summed E-state index contributed by atoms with van der Waals surface area (Å²) in [6.07, 6.45) is 1.34. The number of halogens is 6. The lowest BCUT2D eigenvalue weighted by Crippen LogP contribution is -2.30. The molecule has 0 saturated heterocycles. The standard InChI is InChI=1S/C36H23Cl2F4N3O3S/c37-25-15-8-16-26(38)24(25)18-29(44-34(46)21-11-5-2-6-12-21)35(47)43-22-13-7-14-23(17-22)49-33(20-9-3-1-4-10-20)36(48)45-32-30(41)27(39)19-28(40)31(32)42/h1-19,33H,(H,43,47)(H,44,46)(H,45,48)/b29-18+. The summed E-state index contributed by atoms with van der Waals surface area (Å²) in [7, 11) is 0. The van der Waals surface area contributed by atoms with Crippen molar-refractivity contribution in [3.8, 4) is 0 Å². The van der Waals surface area contributed by atoms with E-state index in [2.05, 4.69) is 10.6 Å². The van der Waals surface area contributed by atoms with Crippen LogP contribution in [0.5, 0.6) is 0 Å². The van der Waals surface area contributed by atoms with Gasteiger partial charge in [-0.05, 0) is 54.1 Å². The fourth-order valence-corrected chi connectivity index (χ4v) is 6.08. The van der Waals surface area contributed by atoms with Gasteiger partial charge in [0.25, 0.3) is 11.8 Å². The largest absolute Gasteiger partial charge is 0.321 e. The highest BCUT2D eigenvalue weighted by atomic mass is 35.5. The molecule has 3 N–H and O–H groups in total. The third kappa shape index (κ3) is 8.69. The minimum Gasteiger partial charge on any atom is -0.321 e. The third-order valence-corrected chi connectivity index (χ3v) is 8.77. The van der Waals surface area contributed by atoms with Crippen molar-refractivity contribution in [3.63, 3.8) is 0 Å². The van der Waals surface area contributed by atoms with Crippen molar-refractivity contribution in [1.82, 2.24) is 5.32 Å². The molecule has 0 fully saturated rings. The summed E-state index contributed by atoms with van der Waals surface area (Å²) >= 11 is 13.6. The van der Waals surface area contributed by atoms with Crippen LogP contribution in [0.3, 0.4) is 0 Å². The fraction of sp³-hybridized carbons (Fsp3) is 0.0278. The van der Waals surface area contributed by atoms with Gasteiger partial charge in [-0.15, -0.1) is 11.8 Å². The van der Waals surface area contributed by atoms with Gasteiger partial charge in [-0.2, -0.15) is 0 Å². The predicted molar refractivity (Wildman–Crippen MR) is 183 cm³/mol. The summed E-state index contributed by atoms with van der Waals surface area (Å²) in [6.45, 7) is 0. The van der Waals surface area contributed by atoms with Crippen molar-refractivity contribution in [2.24, 2.45) is 0 Å². The first kappa shape index (κ1) is 35.2. The van der Waals surface area contributed by atoms with Crippen LogP contribution in [0.2, 0.25) is 10.0 Å². The van der Waals surface area contributed by atoms with Crippen LogP contribution in [-0.4, -0.2) is 17.7 Å². The van der Waals surface area contributed by atoms with E-state index in [4.69, 9.17) is 23.2 Å². The first-order valence-electron chi connectivity index (χ1n) is 14.3. The smallest absolute Gasteiger partial charge is 0.272 e. The van der Waals surface area contributed by atoms with Gasteiger partial charge >= 0.3 is 0 Å². The molecular weight excluding hydrogens is 701 g/mol. The zero-order valence-electron chi connectivity index (χ0n) is 24.9. The highest BCUT2D eigenvalue weighted by Crippen LogP contribution is 2.38. The summed E-state index contributed by atoms with van der Waals surface area (Å²) in [5, 5.41) is 6.58. The molecule has 0 bridgehead atoms. The molecule has 0 aliphatic carbocycles. The number of anilines is 2. The van der Waals surface area contributed by atoms with Crippen molar-refractivity contribution in [1.29, 1.82) is 0 Å². The predicted octanol–water partition coefficient (Wildman–Crippen LogP) is 9.43. The molecule has 0 aromatic heterocycles. The van der Waals surface area contributed by atoms with Crippen LogP contribution in [0, 0.1) is 23.3 Å². The van der Waals surface area contributed by atoms with Crippen LogP contribution in [0.1, 0.15) is 26.7 Å². The molecule has 0 heterocycles. The summed E-state index contributed by atoms with van der Waals surface area (Å²) in [4.78, 5) is 40.5. The molecule has 5 rings (SSSR count). The van der Waals surface area contributed by atoms with Crippen LogP contribution < -0.4 is 16.0 Å².